The molecule has 0 radical (unpaired) electrons. The molecule has 0 saturated heterocycles. The summed E-state index contributed by atoms with van der Waals surface area (Å²) in [6.07, 6.45) is 2.49. The van der Waals surface area contributed by atoms with E-state index in [2.05, 4.69) is 29.2 Å². The van der Waals surface area contributed by atoms with Crippen LogP contribution in [0.1, 0.15) is 31.4 Å². The Labute approximate surface area is 96.9 Å². The number of aliphatic hydroxyl groups excluding tert-OH is 1. The van der Waals surface area contributed by atoms with Crippen LogP contribution in [0, 0.1) is 0 Å². The number of benzene rings is 1. The normalized spacial score (nSPS) is 17.2. The van der Waals surface area contributed by atoms with Crippen LogP contribution >= 0.6 is 0 Å². The van der Waals surface area contributed by atoms with Crippen molar-refractivity contribution < 1.29 is 5.11 Å². The lowest BCUT2D eigenvalue weighted by molar-refractivity contribution is 0.301. The molecule has 1 saturated carbocycles. The Balaban J connectivity index is 2.11. The van der Waals surface area contributed by atoms with Crippen LogP contribution in [0.4, 0.5) is 5.69 Å². The average Bonchev–Trinajstić information content (AvgIpc) is 3.10. The van der Waals surface area contributed by atoms with Crippen molar-refractivity contribution in [3.63, 3.8) is 0 Å². The van der Waals surface area contributed by atoms with Crippen molar-refractivity contribution in [3.8, 4) is 0 Å². The first-order chi connectivity index (χ1) is 7.72. The zero-order chi connectivity index (χ0) is 11.5. The molecule has 0 bridgehead atoms. The third-order valence-electron chi connectivity index (χ3n) is 3.08. The third-order valence-corrected chi connectivity index (χ3v) is 3.08. The molecule has 0 unspecified atom stereocenters. The van der Waals surface area contributed by atoms with Gasteiger partial charge in [-0.05, 0) is 37.5 Å². The second-order valence-electron chi connectivity index (χ2n) is 4.53. The lowest BCUT2D eigenvalue weighted by Gasteiger charge is -2.24. The molecule has 0 heterocycles. The van der Waals surface area contributed by atoms with Crippen LogP contribution in [-0.2, 0) is 0 Å². The van der Waals surface area contributed by atoms with Crippen LogP contribution in [0.5, 0.6) is 0 Å². The number of hydrogen-bond donors (Lipinski definition) is 2. The van der Waals surface area contributed by atoms with E-state index in [1.807, 2.05) is 6.92 Å². The third kappa shape index (κ3) is 2.54. The van der Waals surface area contributed by atoms with Crippen molar-refractivity contribution in [3.05, 3.63) is 29.8 Å². The molecule has 88 valence electrons. The summed E-state index contributed by atoms with van der Waals surface area (Å²) >= 11 is 0. The van der Waals surface area contributed by atoms with Gasteiger partial charge in [0.15, 0.2) is 0 Å². The van der Waals surface area contributed by atoms with Crippen molar-refractivity contribution in [1.82, 2.24) is 0 Å². The summed E-state index contributed by atoms with van der Waals surface area (Å²) in [5, 5.41) is 9.06. The molecule has 0 spiro atoms. The van der Waals surface area contributed by atoms with E-state index in [4.69, 9.17) is 10.8 Å². The number of hydrogen-bond acceptors (Lipinski definition) is 3. The average molecular weight is 220 g/mol. The van der Waals surface area contributed by atoms with Gasteiger partial charge in [0, 0.05) is 24.3 Å². The van der Waals surface area contributed by atoms with Gasteiger partial charge in [0.1, 0.15) is 0 Å². The lowest BCUT2D eigenvalue weighted by Crippen LogP contribution is -2.28. The minimum Gasteiger partial charge on any atom is -0.395 e. The van der Waals surface area contributed by atoms with Gasteiger partial charge in [-0.25, -0.2) is 0 Å². The molecule has 16 heavy (non-hydrogen) atoms. The fourth-order valence-corrected chi connectivity index (χ4v) is 1.99. The van der Waals surface area contributed by atoms with E-state index in [0.717, 1.165) is 12.1 Å². The highest BCUT2D eigenvalue weighted by Crippen LogP contribution is 2.31. The summed E-state index contributed by atoms with van der Waals surface area (Å²) in [7, 11) is 0. The van der Waals surface area contributed by atoms with E-state index in [0.29, 0.717) is 6.04 Å². The minimum absolute atomic E-state index is 0.0845. The zero-order valence-corrected chi connectivity index (χ0v) is 9.76. The van der Waals surface area contributed by atoms with Gasteiger partial charge < -0.3 is 15.7 Å². The number of nitrogens with zero attached hydrogens (tertiary/aromatic N) is 1. The molecular weight excluding hydrogens is 200 g/mol. The van der Waals surface area contributed by atoms with E-state index >= 15 is 0 Å². The van der Waals surface area contributed by atoms with E-state index in [9.17, 15) is 0 Å². The monoisotopic (exact) mass is 220 g/mol. The van der Waals surface area contributed by atoms with Gasteiger partial charge in [-0.15, -0.1) is 0 Å². The number of rotatable bonds is 5. The zero-order valence-electron chi connectivity index (χ0n) is 9.76. The van der Waals surface area contributed by atoms with E-state index < -0.39 is 0 Å². The highest BCUT2D eigenvalue weighted by molar-refractivity contribution is 5.50. The van der Waals surface area contributed by atoms with Gasteiger partial charge in [-0.2, -0.15) is 0 Å². The highest BCUT2D eigenvalue weighted by Gasteiger charge is 2.28. The van der Waals surface area contributed by atoms with Crippen LogP contribution < -0.4 is 10.6 Å². The number of aliphatic hydroxyl groups is 1. The summed E-state index contributed by atoms with van der Waals surface area (Å²) in [6.45, 7) is 2.93. The van der Waals surface area contributed by atoms with E-state index in [-0.39, 0.29) is 12.6 Å². The first kappa shape index (κ1) is 11.4. The van der Waals surface area contributed by atoms with Gasteiger partial charge >= 0.3 is 0 Å². The van der Waals surface area contributed by atoms with Crippen LogP contribution in [0.25, 0.3) is 0 Å². The largest absolute Gasteiger partial charge is 0.395 e. The molecule has 1 aromatic carbocycles. The molecule has 1 aromatic rings. The molecule has 1 aliphatic carbocycles. The molecule has 0 aliphatic heterocycles. The van der Waals surface area contributed by atoms with Crippen molar-refractivity contribution in [2.24, 2.45) is 5.73 Å². The Morgan fingerprint density at radius 1 is 1.38 bits per heavy atom. The van der Waals surface area contributed by atoms with Gasteiger partial charge in [-0.3, -0.25) is 0 Å². The summed E-state index contributed by atoms with van der Waals surface area (Å²) in [6, 6.07) is 9.08. The maximum absolute atomic E-state index is 9.06. The van der Waals surface area contributed by atoms with Gasteiger partial charge in [0.2, 0.25) is 0 Å². The van der Waals surface area contributed by atoms with Gasteiger partial charge in [0.05, 0.1) is 6.61 Å². The van der Waals surface area contributed by atoms with Crippen LogP contribution in [0.2, 0.25) is 0 Å². The second-order valence-corrected chi connectivity index (χ2v) is 4.53. The van der Waals surface area contributed by atoms with Gasteiger partial charge in [-0.1, -0.05) is 12.1 Å². The molecule has 1 aliphatic rings. The standard InChI is InChI=1S/C13H20N2O/c1-10(14)11-2-4-12(5-3-11)15(8-9-16)13-6-7-13/h2-5,10,13,16H,6-9,14H2,1H3/t10-/m0/s1. The van der Waals surface area contributed by atoms with Gasteiger partial charge in [0.25, 0.3) is 0 Å². The van der Waals surface area contributed by atoms with Crippen LogP contribution in [0.15, 0.2) is 24.3 Å². The fraction of sp³-hybridized carbons (Fsp3) is 0.538. The molecule has 0 amide bonds. The first-order valence-electron chi connectivity index (χ1n) is 5.95. The highest BCUT2D eigenvalue weighted by atomic mass is 16.3. The van der Waals surface area contributed by atoms with E-state index in [1.165, 1.54) is 18.5 Å². The predicted octanol–water partition coefficient (Wildman–Crippen LogP) is 1.67. The summed E-state index contributed by atoms with van der Waals surface area (Å²) < 4.78 is 0. The lowest BCUT2D eigenvalue weighted by atomic mass is 10.1. The van der Waals surface area contributed by atoms with Crippen LogP contribution in [-0.4, -0.2) is 24.3 Å². The Bertz CT molecular complexity index is 330. The predicted molar refractivity (Wildman–Crippen MR) is 66.5 cm³/mol. The minimum atomic E-state index is 0.0845. The maximum Gasteiger partial charge on any atom is 0.0606 e. The Morgan fingerprint density at radius 3 is 2.44 bits per heavy atom. The van der Waals surface area contributed by atoms with E-state index in [1.54, 1.807) is 0 Å². The first-order valence-corrected chi connectivity index (χ1v) is 5.95. The summed E-state index contributed by atoms with van der Waals surface area (Å²) in [5.41, 5.74) is 8.17. The van der Waals surface area contributed by atoms with Crippen molar-refractivity contribution in [1.29, 1.82) is 0 Å². The molecule has 1 atom stereocenters. The number of nitrogens with two attached hydrogens (primary N) is 1. The molecular formula is C13H20N2O. The maximum atomic E-state index is 9.06. The topological polar surface area (TPSA) is 49.5 Å². The van der Waals surface area contributed by atoms with Crippen molar-refractivity contribution in [2.75, 3.05) is 18.1 Å². The summed E-state index contributed by atoms with van der Waals surface area (Å²) in [5.74, 6) is 0. The molecule has 3 nitrogen and oxygen atoms in total. The second kappa shape index (κ2) is 4.85. The molecule has 3 N–H and O–H groups in total. The SMILES string of the molecule is C[C@H](N)c1ccc(N(CCO)C2CC2)cc1. The quantitative estimate of drug-likeness (QED) is 0.793. The Kier molecular flexibility index (Phi) is 3.46. The Hall–Kier alpha value is -1.06. The molecule has 1 fully saturated rings. The fourth-order valence-electron chi connectivity index (χ4n) is 1.99. The molecule has 2 rings (SSSR count). The Morgan fingerprint density at radius 2 is 2.00 bits per heavy atom. The smallest absolute Gasteiger partial charge is 0.0606 e. The molecule has 0 aromatic heterocycles. The molecule has 3 heteroatoms. The van der Waals surface area contributed by atoms with Crippen molar-refractivity contribution >= 4 is 5.69 Å². The van der Waals surface area contributed by atoms with Crippen molar-refractivity contribution in [2.45, 2.75) is 31.8 Å². The number of anilines is 1. The summed E-state index contributed by atoms with van der Waals surface area (Å²) in [4.78, 5) is 2.28. The van der Waals surface area contributed by atoms with Crippen LogP contribution in [0.3, 0.4) is 0 Å².